The van der Waals surface area contributed by atoms with Crippen LogP contribution in [0.2, 0.25) is 0 Å². The number of para-hydroxylation sites is 1. The molecule has 0 spiro atoms. The zero-order valence-corrected chi connectivity index (χ0v) is 7.62. The van der Waals surface area contributed by atoms with Crippen LogP contribution in [0.3, 0.4) is 0 Å². The predicted molar refractivity (Wildman–Crippen MR) is 54.7 cm³/mol. The van der Waals surface area contributed by atoms with Crippen molar-refractivity contribution in [2.45, 2.75) is 0 Å². The molecule has 0 N–H and O–H groups in total. The lowest BCUT2D eigenvalue weighted by molar-refractivity contribution is -0.104. The van der Waals surface area contributed by atoms with Crippen LogP contribution in [0.4, 0.5) is 0 Å². The third-order valence-corrected chi connectivity index (χ3v) is 2.63. The molecule has 1 heterocycles. The van der Waals surface area contributed by atoms with Crippen molar-refractivity contribution in [1.82, 2.24) is 4.98 Å². The summed E-state index contributed by atoms with van der Waals surface area (Å²) in [6, 6.07) is 7.92. The molecule has 0 saturated heterocycles. The van der Waals surface area contributed by atoms with Crippen LogP contribution in [-0.2, 0) is 4.79 Å². The molecule has 0 amide bonds. The van der Waals surface area contributed by atoms with E-state index in [0.29, 0.717) is 0 Å². The first-order chi connectivity index (χ1) is 6.40. The number of carbonyl (C=O) groups is 1. The minimum Gasteiger partial charge on any atom is -0.299 e. The van der Waals surface area contributed by atoms with Gasteiger partial charge in [0, 0.05) is 0 Å². The van der Waals surface area contributed by atoms with Gasteiger partial charge in [0.2, 0.25) is 0 Å². The molecular weight excluding hydrogens is 182 g/mol. The Morgan fingerprint density at radius 2 is 2.15 bits per heavy atom. The first-order valence-electron chi connectivity index (χ1n) is 3.87. The Morgan fingerprint density at radius 3 is 2.92 bits per heavy atom. The zero-order valence-electron chi connectivity index (χ0n) is 6.81. The molecule has 64 valence electrons. The maximum Gasteiger partial charge on any atom is 0.142 e. The molecule has 0 unspecified atom stereocenters. The Morgan fingerprint density at radius 1 is 1.31 bits per heavy atom. The van der Waals surface area contributed by atoms with Crippen molar-refractivity contribution in [3.63, 3.8) is 0 Å². The highest BCUT2D eigenvalue weighted by Crippen LogP contribution is 2.21. The highest BCUT2D eigenvalue weighted by Gasteiger charge is 1.98. The van der Waals surface area contributed by atoms with E-state index in [9.17, 15) is 4.79 Å². The van der Waals surface area contributed by atoms with Gasteiger partial charge in [-0.05, 0) is 24.3 Å². The lowest BCUT2D eigenvalue weighted by atomic mass is 10.3. The molecule has 2 rings (SSSR count). The number of carbonyl (C=O) groups excluding carboxylic acids is 1. The van der Waals surface area contributed by atoms with Gasteiger partial charge in [-0.25, -0.2) is 4.98 Å². The Balaban J connectivity index is 2.49. The number of nitrogens with zero attached hydrogens (tertiary/aromatic N) is 1. The number of allylic oxidation sites excluding steroid dienone is 1. The first kappa shape index (κ1) is 8.13. The summed E-state index contributed by atoms with van der Waals surface area (Å²) in [5, 5.41) is 0.869. The number of aromatic nitrogens is 1. The van der Waals surface area contributed by atoms with Crippen LogP contribution in [0.15, 0.2) is 30.3 Å². The summed E-state index contributed by atoms with van der Waals surface area (Å²) in [5.41, 5.74) is 0.984. The van der Waals surface area contributed by atoms with E-state index in [2.05, 4.69) is 4.98 Å². The van der Waals surface area contributed by atoms with Gasteiger partial charge in [-0.2, -0.15) is 0 Å². The summed E-state index contributed by atoms with van der Waals surface area (Å²) in [7, 11) is 0. The van der Waals surface area contributed by atoms with Gasteiger partial charge in [-0.1, -0.05) is 12.1 Å². The molecule has 0 radical (unpaired) electrons. The van der Waals surface area contributed by atoms with E-state index in [0.717, 1.165) is 21.5 Å². The highest BCUT2D eigenvalue weighted by atomic mass is 32.1. The predicted octanol–water partition coefficient (Wildman–Crippen LogP) is 2.51. The monoisotopic (exact) mass is 189 g/mol. The fraction of sp³-hybridized carbons (Fsp3) is 0. The minimum atomic E-state index is 0.756. The van der Waals surface area contributed by atoms with Crippen LogP contribution >= 0.6 is 11.3 Å². The third kappa shape index (κ3) is 1.65. The summed E-state index contributed by atoms with van der Waals surface area (Å²) >= 11 is 1.58. The average molecular weight is 189 g/mol. The largest absolute Gasteiger partial charge is 0.299 e. The van der Waals surface area contributed by atoms with Crippen molar-refractivity contribution in [2.75, 3.05) is 0 Å². The molecule has 0 bridgehead atoms. The molecule has 2 nitrogen and oxygen atoms in total. The molecule has 1 aromatic carbocycles. The van der Waals surface area contributed by atoms with E-state index >= 15 is 0 Å². The van der Waals surface area contributed by atoms with Crippen LogP contribution < -0.4 is 0 Å². The van der Waals surface area contributed by atoms with E-state index in [1.54, 1.807) is 17.4 Å². The molecule has 0 saturated carbocycles. The second-order valence-electron chi connectivity index (χ2n) is 2.52. The molecule has 3 heteroatoms. The Bertz CT molecular complexity index is 426. The number of hydrogen-bond donors (Lipinski definition) is 0. The number of fused-ring (bicyclic) bond motifs is 1. The summed E-state index contributed by atoms with van der Waals surface area (Å²) in [6.07, 6.45) is 3.93. The molecule has 2 aromatic rings. The molecule has 13 heavy (non-hydrogen) atoms. The summed E-state index contributed by atoms with van der Waals surface area (Å²) in [5.74, 6) is 0. The molecule has 1 aromatic heterocycles. The quantitative estimate of drug-likeness (QED) is 0.536. The SMILES string of the molecule is O=C/C=C/c1nc2ccccc2s1. The van der Waals surface area contributed by atoms with Crippen LogP contribution in [0.1, 0.15) is 5.01 Å². The van der Waals surface area contributed by atoms with E-state index in [1.807, 2.05) is 24.3 Å². The minimum absolute atomic E-state index is 0.756. The van der Waals surface area contributed by atoms with Gasteiger partial charge in [0.25, 0.3) is 0 Å². The van der Waals surface area contributed by atoms with E-state index < -0.39 is 0 Å². The van der Waals surface area contributed by atoms with Gasteiger partial charge in [0.05, 0.1) is 10.2 Å². The van der Waals surface area contributed by atoms with Crippen molar-refractivity contribution in [2.24, 2.45) is 0 Å². The highest BCUT2D eigenvalue weighted by molar-refractivity contribution is 7.19. The van der Waals surface area contributed by atoms with Crippen molar-refractivity contribution in [3.8, 4) is 0 Å². The van der Waals surface area contributed by atoms with Crippen LogP contribution in [0.25, 0.3) is 16.3 Å². The Hall–Kier alpha value is -1.48. The van der Waals surface area contributed by atoms with Gasteiger partial charge in [0.1, 0.15) is 11.3 Å². The maximum absolute atomic E-state index is 10.1. The molecule has 0 atom stereocenters. The van der Waals surface area contributed by atoms with Gasteiger partial charge in [0.15, 0.2) is 0 Å². The molecule has 0 aliphatic rings. The first-order valence-corrected chi connectivity index (χ1v) is 4.69. The molecule has 0 aliphatic heterocycles. The third-order valence-electron chi connectivity index (χ3n) is 1.63. The number of hydrogen-bond acceptors (Lipinski definition) is 3. The fourth-order valence-corrected chi connectivity index (χ4v) is 1.96. The van der Waals surface area contributed by atoms with Crippen molar-refractivity contribution in [1.29, 1.82) is 0 Å². The normalized spacial score (nSPS) is 11.1. The zero-order chi connectivity index (χ0) is 9.10. The molecule has 0 fully saturated rings. The topological polar surface area (TPSA) is 30.0 Å². The van der Waals surface area contributed by atoms with Gasteiger partial charge in [-0.15, -0.1) is 11.3 Å². The number of thiazole rings is 1. The number of aldehydes is 1. The standard InChI is InChI=1S/C10H7NOS/c12-7-3-6-10-11-8-4-1-2-5-9(8)13-10/h1-7H/b6-3+. The smallest absolute Gasteiger partial charge is 0.142 e. The second-order valence-corrected chi connectivity index (χ2v) is 3.58. The fourth-order valence-electron chi connectivity index (χ4n) is 1.08. The summed E-state index contributed by atoms with van der Waals surface area (Å²) in [4.78, 5) is 14.4. The van der Waals surface area contributed by atoms with Gasteiger partial charge in [-0.3, -0.25) is 4.79 Å². The molecule has 0 aliphatic carbocycles. The van der Waals surface area contributed by atoms with Gasteiger partial charge < -0.3 is 0 Å². The lowest BCUT2D eigenvalue weighted by Crippen LogP contribution is -1.68. The van der Waals surface area contributed by atoms with Crippen LogP contribution in [0.5, 0.6) is 0 Å². The molecular formula is C10H7NOS. The maximum atomic E-state index is 10.1. The Labute approximate surface area is 79.5 Å². The number of rotatable bonds is 2. The van der Waals surface area contributed by atoms with E-state index in [-0.39, 0.29) is 0 Å². The van der Waals surface area contributed by atoms with E-state index in [1.165, 1.54) is 6.08 Å². The van der Waals surface area contributed by atoms with Crippen LogP contribution in [-0.4, -0.2) is 11.3 Å². The second kappa shape index (κ2) is 3.49. The van der Waals surface area contributed by atoms with Crippen molar-refractivity contribution in [3.05, 3.63) is 35.3 Å². The van der Waals surface area contributed by atoms with Crippen LogP contribution in [0, 0.1) is 0 Å². The lowest BCUT2D eigenvalue weighted by Gasteiger charge is -1.80. The van der Waals surface area contributed by atoms with Crippen molar-refractivity contribution >= 4 is 33.9 Å². The average Bonchev–Trinajstić information content (AvgIpc) is 2.57. The number of benzene rings is 1. The van der Waals surface area contributed by atoms with E-state index in [4.69, 9.17) is 0 Å². The van der Waals surface area contributed by atoms with Crippen molar-refractivity contribution < 1.29 is 4.79 Å². The Kier molecular flexibility index (Phi) is 2.19. The summed E-state index contributed by atoms with van der Waals surface area (Å²) < 4.78 is 1.15. The summed E-state index contributed by atoms with van der Waals surface area (Å²) in [6.45, 7) is 0. The van der Waals surface area contributed by atoms with Gasteiger partial charge >= 0.3 is 0 Å².